The lowest BCUT2D eigenvalue weighted by molar-refractivity contribution is -0.118. The first-order chi connectivity index (χ1) is 6.93. The van der Waals surface area contributed by atoms with Gasteiger partial charge in [-0.2, -0.15) is 0 Å². The fraction of sp³-hybridized carbons (Fsp3) is 0.769. The highest BCUT2D eigenvalue weighted by molar-refractivity contribution is 5.99. The van der Waals surface area contributed by atoms with E-state index < -0.39 is 0 Å². The zero-order valence-electron chi connectivity index (χ0n) is 10.2. The molecule has 0 radical (unpaired) electrons. The van der Waals surface area contributed by atoms with Crippen LogP contribution in [0.3, 0.4) is 0 Å². The summed E-state index contributed by atoms with van der Waals surface area (Å²) in [6, 6.07) is -0.359. The highest BCUT2D eigenvalue weighted by atomic mass is 16.1. The summed E-state index contributed by atoms with van der Waals surface area (Å²) >= 11 is 0. The quantitative estimate of drug-likeness (QED) is 0.760. The number of ketones is 1. The van der Waals surface area contributed by atoms with E-state index in [-0.39, 0.29) is 17.2 Å². The summed E-state index contributed by atoms with van der Waals surface area (Å²) in [7, 11) is 0. The molecule has 1 aliphatic rings. The predicted molar refractivity (Wildman–Crippen MR) is 63.6 cm³/mol. The van der Waals surface area contributed by atoms with Gasteiger partial charge in [0.1, 0.15) is 0 Å². The second-order valence-electron chi connectivity index (χ2n) is 5.54. The summed E-state index contributed by atoms with van der Waals surface area (Å²) in [4.78, 5) is 12.1. The number of hydrogen-bond acceptors (Lipinski definition) is 2. The lowest BCUT2D eigenvalue weighted by atomic mass is 9.82. The van der Waals surface area contributed by atoms with Gasteiger partial charge in [0, 0.05) is 0 Å². The third-order valence-corrected chi connectivity index (χ3v) is 3.07. The van der Waals surface area contributed by atoms with Crippen molar-refractivity contribution in [1.29, 1.82) is 0 Å². The molecule has 1 rings (SSSR count). The van der Waals surface area contributed by atoms with Crippen molar-refractivity contribution in [3.8, 4) is 0 Å². The lowest BCUT2D eigenvalue weighted by Crippen LogP contribution is -2.43. The molecule has 1 atom stereocenters. The number of allylic oxidation sites excluding steroid dienone is 1. The van der Waals surface area contributed by atoms with Crippen LogP contribution < -0.4 is 5.73 Å². The molecule has 0 heterocycles. The molecule has 86 valence electrons. The van der Waals surface area contributed by atoms with Crippen LogP contribution in [0.4, 0.5) is 0 Å². The van der Waals surface area contributed by atoms with Crippen LogP contribution in [-0.4, -0.2) is 11.8 Å². The van der Waals surface area contributed by atoms with Crippen LogP contribution >= 0.6 is 0 Å². The average Bonchev–Trinajstić information content (AvgIpc) is 2.42. The fourth-order valence-corrected chi connectivity index (χ4v) is 1.83. The Morgan fingerprint density at radius 3 is 2.60 bits per heavy atom. The normalized spacial score (nSPS) is 20.4. The van der Waals surface area contributed by atoms with Crippen molar-refractivity contribution >= 4 is 5.78 Å². The summed E-state index contributed by atoms with van der Waals surface area (Å²) in [5.41, 5.74) is 6.82. The Kier molecular flexibility index (Phi) is 4.09. The molecule has 0 spiro atoms. The largest absolute Gasteiger partial charge is 0.321 e. The van der Waals surface area contributed by atoms with Crippen molar-refractivity contribution in [1.82, 2.24) is 0 Å². The van der Waals surface area contributed by atoms with Crippen LogP contribution in [0.25, 0.3) is 0 Å². The fourth-order valence-electron chi connectivity index (χ4n) is 1.83. The van der Waals surface area contributed by atoms with Crippen molar-refractivity contribution in [3.05, 3.63) is 11.6 Å². The lowest BCUT2D eigenvalue weighted by Gasteiger charge is -2.26. The molecule has 0 saturated heterocycles. The zero-order valence-corrected chi connectivity index (χ0v) is 10.2. The Labute approximate surface area is 92.9 Å². The van der Waals surface area contributed by atoms with Gasteiger partial charge in [0.15, 0.2) is 5.78 Å². The van der Waals surface area contributed by atoms with Crippen LogP contribution in [0.5, 0.6) is 0 Å². The molecule has 15 heavy (non-hydrogen) atoms. The van der Waals surface area contributed by atoms with Crippen LogP contribution in [0.1, 0.15) is 52.9 Å². The Morgan fingerprint density at radius 1 is 1.33 bits per heavy atom. The number of rotatable bonds is 2. The Balaban J connectivity index is 2.70. The predicted octanol–water partition coefficient (Wildman–Crippen LogP) is 2.82. The molecule has 0 aliphatic heterocycles. The van der Waals surface area contributed by atoms with Gasteiger partial charge >= 0.3 is 0 Å². The van der Waals surface area contributed by atoms with E-state index in [1.54, 1.807) is 0 Å². The topological polar surface area (TPSA) is 43.1 Å². The van der Waals surface area contributed by atoms with Gasteiger partial charge in [-0.1, -0.05) is 33.3 Å². The molecule has 0 saturated carbocycles. The SMILES string of the molecule is CC(C)(C)C(N)C(=O)C1=CCCCCC1. The van der Waals surface area contributed by atoms with Gasteiger partial charge in [0.2, 0.25) is 0 Å². The van der Waals surface area contributed by atoms with Crippen molar-refractivity contribution in [2.75, 3.05) is 0 Å². The van der Waals surface area contributed by atoms with Gasteiger partial charge in [0.25, 0.3) is 0 Å². The van der Waals surface area contributed by atoms with E-state index in [4.69, 9.17) is 5.73 Å². The maximum atomic E-state index is 12.1. The standard InChI is InChI=1S/C13H23NO/c1-13(2,3)12(14)11(15)10-8-6-4-5-7-9-10/h8,12H,4-7,9,14H2,1-3H3. The third kappa shape index (κ3) is 3.45. The maximum absolute atomic E-state index is 12.1. The summed E-state index contributed by atoms with van der Waals surface area (Å²) in [6.07, 6.45) is 7.63. The molecule has 2 heteroatoms. The molecule has 0 aromatic heterocycles. The van der Waals surface area contributed by atoms with Crippen LogP contribution in [0.15, 0.2) is 11.6 Å². The third-order valence-electron chi connectivity index (χ3n) is 3.07. The summed E-state index contributed by atoms with van der Waals surface area (Å²) in [5, 5.41) is 0. The minimum Gasteiger partial charge on any atom is -0.321 e. The number of carbonyl (C=O) groups excluding carboxylic acids is 1. The van der Waals surface area contributed by atoms with Crippen LogP contribution in [-0.2, 0) is 4.79 Å². The van der Waals surface area contributed by atoms with Gasteiger partial charge in [0.05, 0.1) is 6.04 Å². The molecule has 1 unspecified atom stereocenters. The van der Waals surface area contributed by atoms with Crippen molar-refractivity contribution in [2.24, 2.45) is 11.1 Å². The minimum absolute atomic E-state index is 0.135. The Morgan fingerprint density at radius 2 is 2.00 bits per heavy atom. The van der Waals surface area contributed by atoms with Crippen LogP contribution in [0.2, 0.25) is 0 Å². The summed E-state index contributed by atoms with van der Waals surface area (Å²) in [6.45, 7) is 6.06. The first kappa shape index (κ1) is 12.4. The molecule has 0 fully saturated rings. The van der Waals surface area contributed by atoms with Gasteiger partial charge in [-0.15, -0.1) is 0 Å². The number of Topliss-reactive ketones (excluding diaryl/α,β-unsaturated/α-hetero) is 1. The number of carbonyl (C=O) groups is 1. The number of nitrogens with two attached hydrogens (primary N) is 1. The molecular weight excluding hydrogens is 186 g/mol. The highest BCUT2D eigenvalue weighted by Crippen LogP contribution is 2.24. The first-order valence-electron chi connectivity index (χ1n) is 5.92. The van der Waals surface area contributed by atoms with Gasteiger partial charge < -0.3 is 5.73 Å². The number of hydrogen-bond donors (Lipinski definition) is 1. The van der Waals surface area contributed by atoms with E-state index in [9.17, 15) is 4.79 Å². The highest BCUT2D eigenvalue weighted by Gasteiger charge is 2.29. The monoisotopic (exact) mass is 209 g/mol. The summed E-state index contributed by atoms with van der Waals surface area (Å²) in [5.74, 6) is 0.157. The average molecular weight is 209 g/mol. The van der Waals surface area contributed by atoms with Crippen molar-refractivity contribution in [2.45, 2.75) is 58.9 Å². The zero-order chi connectivity index (χ0) is 11.5. The van der Waals surface area contributed by atoms with E-state index in [1.807, 2.05) is 20.8 Å². The maximum Gasteiger partial charge on any atom is 0.175 e. The molecule has 0 aromatic rings. The molecular formula is C13H23NO. The smallest absolute Gasteiger partial charge is 0.175 e. The Bertz CT molecular complexity index is 260. The molecule has 0 aromatic carbocycles. The van der Waals surface area contributed by atoms with E-state index in [1.165, 1.54) is 12.8 Å². The van der Waals surface area contributed by atoms with E-state index in [2.05, 4.69) is 6.08 Å². The van der Waals surface area contributed by atoms with E-state index in [0.717, 1.165) is 24.8 Å². The van der Waals surface area contributed by atoms with Crippen molar-refractivity contribution < 1.29 is 4.79 Å². The van der Waals surface area contributed by atoms with E-state index >= 15 is 0 Å². The second-order valence-corrected chi connectivity index (χ2v) is 5.54. The molecule has 0 bridgehead atoms. The van der Waals surface area contributed by atoms with Gasteiger partial charge in [-0.05, 0) is 36.7 Å². The second kappa shape index (κ2) is 4.93. The first-order valence-corrected chi connectivity index (χ1v) is 5.92. The molecule has 2 nitrogen and oxygen atoms in total. The molecule has 0 amide bonds. The summed E-state index contributed by atoms with van der Waals surface area (Å²) < 4.78 is 0. The van der Waals surface area contributed by atoms with Gasteiger partial charge in [-0.3, -0.25) is 4.79 Å². The van der Waals surface area contributed by atoms with Gasteiger partial charge in [-0.25, -0.2) is 0 Å². The molecule has 2 N–H and O–H groups in total. The van der Waals surface area contributed by atoms with Crippen LogP contribution in [0, 0.1) is 5.41 Å². The van der Waals surface area contributed by atoms with Crippen molar-refractivity contribution in [3.63, 3.8) is 0 Å². The minimum atomic E-state index is -0.359. The Hall–Kier alpha value is -0.630. The van der Waals surface area contributed by atoms with E-state index in [0.29, 0.717) is 0 Å². The molecule has 1 aliphatic carbocycles.